The van der Waals surface area contributed by atoms with Crippen molar-refractivity contribution in [3.63, 3.8) is 0 Å². The maximum Gasteiger partial charge on any atom is 0.306 e. The van der Waals surface area contributed by atoms with Crippen LogP contribution in [0.25, 0.3) is 0 Å². The first kappa shape index (κ1) is 50.9. The Morgan fingerprint density at radius 2 is 1.09 bits per heavy atom. The van der Waals surface area contributed by atoms with E-state index in [2.05, 4.69) is 74.6 Å². The molecule has 0 radical (unpaired) electrons. The fraction of sp³-hybridized carbons (Fsp3) is 0.761. The van der Waals surface area contributed by atoms with Crippen molar-refractivity contribution in [2.24, 2.45) is 0 Å². The van der Waals surface area contributed by atoms with E-state index in [4.69, 9.17) is 18.9 Å². The van der Waals surface area contributed by atoms with Gasteiger partial charge in [-0.05, 0) is 51.4 Å². The molecule has 9 nitrogen and oxygen atoms in total. The highest BCUT2D eigenvalue weighted by Crippen LogP contribution is 2.22. The second-order valence-electron chi connectivity index (χ2n) is 14.8. The first-order valence-corrected chi connectivity index (χ1v) is 21.9. The Morgan fingerprint density at radius 1 is 0.600 bits per heavy atom. The molecule has 6 unspecified atom stereocenters. The van der Waals surface area contributed by atoms with E-state index in [0.717, 1.165) is 51.4 Å². The summed E-state index contributed by atoms with van der Waals surface area (Å²) in [7, 11) is 0. The lowest BCUT2D eigenvalue weighted by Crippen LogP contribution is -2.59. The lowest BCUT2D eigenvalue weighted by atomic mass is 9.99. The van der Waals surface area contributed by atoms with Crippen molar-refractivity contribution in [3.05, 3.63) is 60.8 Å². The molecule has 0 aliphatic carbocycles. The molecular weight excluding hydrogens is 696 g/mol. The smallest absolute Gasteiger partial charge is 0.306 e. The molecule has 0 amide bonds. The van der Waals surface area contributed by atoms with E-state index < -0.39 is 43.4 Å². The predicted molar refractivity (Wildman–Crippen MR) is 224 cm³/mol. The van der Waals surface area contributed by atoms with Gasteiger partial charge in [-0.2, -0.15) is 0 Å². The molecule has 0 saturated carbocycles. The number of esters is 1. The van der Waals surface area contributed by atoms with Crippen LogP contribution in [-0.2, 0) is 23.7 Å². The quantitative estimate of drug-likeness (QED) is 0.0279. The Kier molecular flexibility index (Phi) is 34.7. The standard InChI is InChI=1S/C46H80O9/c1-3-5-7-9-11-13-15-17-19-20-21-23-25-27-29-31-33-35-42(48)54-40(39-53-46-45(51)44(50)43(49)41(37-47)55-46)38-52-36-34-32-30-28-26-24-22-18-16-14-12-10-8-6-4-2/h5,7,11,13,17,19,21,23,27,29,40-41,43-47,49-51H,3-4,6,8-10,12,14-16,18,20,22,24-26,28,30-39H2,1-2H3/b7-5-,13-11-,19-17-,23-21-,29-27-. The zero-order chi connectivity index (χ0) is 40.0. The largest absolute Gasteiger partial charge is 0.457 e. The minimum absolute atomic E-state index is 0.122. The van der Waals surface area contributed by atoms with Crippen LogP contribution in [0.15, 0.2) is 60.8 Å². The molecule has 0 aromatic rings. The number of aliphatic hydroxyl groups is 4. The summed E-state index contributed by atoms with van der Waals surface area (Å²) in [5.41, 5.74) is 0. The van der Waals surface area contributed by atoms with E-state index in [1.165, 1.54) is 83.5 Å². The van der Waals surface area contributed by atoms with Gasteiger partial charge in [0, 0.05) is 13.0 Å². The molecule has 1 aliphatic heterocycles. The lowest BCUT2D eigenvalue weighted by Gasteiger charge is -2.39. The molecule has 0 aromatic carbocycles. The van der Waals surface area contributed by atoms with Gasteiger partial charge >= 0.3 is 5.97 Å². The van der Waals surface area contributed by atoms with Gasteiger partial charge in [-0.1, -0.05) is 164 Å². The molecule has 0 spiro atoms. The van der Waals surface area contributed by atoms with Crippen LogP contribution in [0.3, 0.4) is 0 Å². The van der Waals surface area contributed by atoms with Gasteiger partial charge in [0.2, 0.25) is 0 Å². The molecule has 55 heavy (non-hydrogen) atoms. The molecule has 9 heteroatoms. The zero-order valence-corrected chi connectivity index (χ0v) is 34.7. The lowest BCUT2D eigenvalue weighted by molar-refractivity contribution is -0.305. The maximum atomic E-state index is 12.7. The Bertz CT molecular complexity index is 1020. The van der Waals surface area contributed by atoms with Gasteiger partial charge in [0.25, 0.3) is 0 Å². The monoisotopic (exact) mass is 777 g/mol. The van der Waals surface area contributed by atoms with Crippen molar-refractivity contribution < 1.29 is 44.2 Å². The molecule has 318 valence electrons. The van der Waals surface area contributed by atoms with Crippen LogP contribution in [0.1, 0.15) is 162 Å². The van der Waals surface area contributed by atoms with Crippen LogP contribution in [0.4, 0.5) is 0 Å². The Morgan fingerprint density at radius 3 is 1.60 bits per heavy atom. The molecule has 0 aromatic heterocycles. The summed E-state index contributed by atoms with van der Waals surface area (Å²) < 4.78 is 22.7. The van der Waals surface area contributed by atoms with Crippen LogP contribution < -0.4 is 0 Å². The van der Waals surface area contributed by atoms with Gasteiger partial charge in [-0.3, -0.25) is 4.79 Å². The minimum atomic E-state index is -1.55. The number of ether oxygens (including phenoxy) is 4. The summed E-state index contributed by atoms with van der Waals surface area (Å²) in [6.45, 7) is 4.37. The van der Waals surface area contributed by atoms with Gasteiger partial charge in [0.1, 0.15) is 30.5 Å². The van der Waals surface area contributed by atoms with Crippen molar-refractivity contribution in [2.45, 2.75) is 198 Å². The predicted octanol–water partition coefficient (Wildman–Crippen LogP) is 9.52. The molecule has 0 bridgehead atoms. The molecule has 1 rings (SSSR count). The molecule has 1 saturated heterocycles. The average molecular weight is 777 g/mol. The molecular formula is C46H80O9. The third kappa shape index (κ3) is 28.9. The molecule has 1 heterocycles. The number of carbonyl (C=O) groups is 1. The van der Waals surface area contributed by atoms with Crippen LogP contribution in [0, 0.1) is 0 Å². The van der Waals surface area contributed by atoms with Gasteiger partial charge in [-0.15, -0.1) is 0 Å². The number of rotatable bonds is 36. The van der Waals surface area contributed by atoms with Crippen molar-refractivity contribution in [1.82, 2.24) is 0 Å². The van der Waals surface area contributed by atoms with E-state index in [9.17, 15) is 25.2 Å². The average Bonchev–Trinajstić information content (AvgIpc) is 3.18. The maximum absolute atomic E-state index is 12.7. The summed E-state index contributed by atoms with van der Waals surface area (Å²) >= 11 is 0. The summed E-state index contributed by atoms with van der Waals surface area (Å²) in [5.74, 6) is -0.370. The van der Waals surface area contributed by atoms with E-state index in [1.807, 2.05) is 0 Å². The van der Waals surface area contributed by atoms with Crippen molar-refractivity contribution in [2.75, 3.05) is 26.4 Å². The molecule has 1 fully saturated rings. The number of aliphatic hydroxyl groups excluding tert-OH is 4. The molecule has 1 aliphatic rings. The Labute approximate surface area is 335 Å². The fourth-order valence-electron chi connectivity index (χ4n) is 6.29. The van der Waals surface area contributed by atoms with E-state index in [0.29, 0.717) is 13.0 Å². The highest BCUT2D eigenvalue weighted by Gasteiger charge is 2.44. The fourth-order valence-corrected chi connectivity index (χ4v) is 6.29. The van der Waals surface area contributed by atoms with Gasteiger partial charge in [0.05, 0.1) is 19.8 Å². The summed E-state index contributed by atoms with van der Waals surface area (Å²) in [5, 5.41) is 40.1. The number of carbonyl (C=O) groups excluding carboxylic acids is 1. The number of allylic oxidation sites excluding steroid dienone is 10. The Balaban J connectivity index is 2.33. The van der Waals surface area contributed by atoms with E-state index in [-0.39, 0.29) is 25.6 Å². The summed E-state index contributed by atoms with van der Waals surface area (Å²) in [6, 6.07) is 0. The van der Waals surface area contributed by atoms with Gasteiger partial charge in [-0.25, -0.2) is 0 Å². The topological polar surface area (TPSA) is 135 Å². The van der Waals surface area contributed by atoms with Crippen LogP contribution >= 0.6 is 0 Å². The van der Waals surface area contributed by atoms with Crippen LogP contribution in [0.5, 0.6) is 0 Å². The second kappa shape index (κ2) is 37.5. The Hall–Kier alpha value is -2.11. The minimum Gasteiger partial charge on any atom is -0.457 e. The highest BCUT2D eigenvalue weighted by atomic mass is 16.7. The normalized spacial score (nSPS) is 21.3. The van der Waals surface area contributed by atoms with Gasteiger partial charge < -0.3 is 39.4 Å². The second-order valence-corrected chi connectivity index (χ2v) is 14.8. The van der Waals surface area contributed by atoms with Crippen molar-refractivity contribution >= 4 is 5.97 Å². The molecule has 6 atom stereocenters. The molecule has 4 N–H and O–H groups in total. The zero-order valence-electron chi connectivity index (χ0n) is 34.7. The van der Waals surface area contributed by atoms with Crippen LogP contribution in [-0.4, -0.2) is 89.6 Å². The first-order valence-electron chi connectivity index (χ1n) is 21.9. The summed E-state index contributed by atoms with van der Waals surface area (Å²) in [6.07, 6.45) is 39.6. The number of hydrogen-bond donors (Lipinski definition) is 4. The third-order valence-electron chi connectivity index (χ3n) is 9.70. The first-order chi connectivity index (χ1) is 26.9. The number of unbranched alkanes of at least 4 members (excludes halogenated alkanes) is 15. The van der Waals surface area contributed by atoms with Crippen LogP contribution in [0.2, 0.25) is 0 Å². The third-order valence-corrected chi connectivity index (χ3v) is 9.70. The van der Waals surface area contributed by atoms with E-state index in [1.54, 1.807) is 0 Å². The van der Waals surface area contributed by atoms with Crippen molar-refractivity contribution in [1.29, 1.82) is 0 Å². The van der Waals surface area contributed by atoms with E-state index >= 15 is 0 Å². The summed E-state index contributed by atoms with van der Waals surface area (Å²) in [4.78, 5) is 12.7. The van der Waals surface area contributed by atoms with Crippen molar-refractivity contribution in [3.8, 4) is 0 Å². The SMILES string of the molecule is CC/C=C\C/C=C\C/C=C\C/C=C\C/C=C\CCCC(=O)OC(COCCCCCCCCCCCCCCCCC)COC1OC(CO)C(O)C(O)C1O. The number of hydrogen-bond acceptors (Lipinski definition) is 9. The van der Waals surface area contributed by atoms with Gasteiger partial charge in [0.15, 0.2) is 6.29 Å². The highest BCUT2D eigenvalue weighted by molar-refractivity contribution is 5.69.